The van der Waals surface area contributed by atoms with E-state index in [1.54, 1.807) is 16.8 Å². The maximum absolute atomic E-state index is 12.9. The van der Waals surface area contributed by atoms with Gasteiger partial charge in [-0.1, -0.05) is 5.21 Å². The van der Waals surface area contributed by atoms with Gasteiger partial charge in [-0.3, -0.25) is 0 Å². The molecule has 0 aliphatic carbocycles. The van der Waals surface area contributed by atoms with Crippen molar-refractivity contribution in [2.24, 2.45) is 0 Å². The third kappa shape index (κ3) is 2.02. The average molecular weight is 269 g/mol. The molecular weight excluding hydrogens is 265 g/mol. The molecule has 0 aliphatic heterocycles. The van der Waals surface area contributed by atoms with Crippen molar-refractivity contribution in [1.82, 2.24) is 15.0 Å². The van der Waals surface area contributed by atoms with E-state index in [0.29, 0.717) is 11.8 Å². The second-order valence-corrected chi connectivity index (χ2v) is 3.88. The molecule has 0 fully saturated rings. The second-order valence-electron chi connectivity index (χ2n) is 3.10. The molecular formula is C8H4F5N3S. The molecule has 0 saturated carbocycles. The standard InChI is InChI=1S/C8H4F5N3S/c9-7(10,11)8(12,13)16-3-6(14-15-16)5-1-2-17-4-5/h1-4H. The van der Waals surface area contributed by atoms with Crippen molar-refractivity contribution in [3.05, 3.63) is 23.0 Å². The lowest BCUT2D eigenvalue weighted by Gasteiger charge is -2.18. The van der Waals surface area contributed by atoms with E-state index < -0.39 is 16.9 Å². The topological polar surface area (TPSA) is 30.7 Å². The van der Waals surface area contributed by atoms with Crippen molar-refractivity contribution in [3.8, 4) is 11.3 Å². The molecule has 0 radical (unpaired) electrons. The van der Waals surface area contributed by atoms with Crippen molar-refractivity contribution in [2.45, 2.75) is 12.2 Å². The Balaban J connectivity index is 2.37. The number of aromatic nitrogens is 3. The molecule has 3 nitrogen and oxygen atoms in total. The summed E-state index contributed by atoms with van der Waals surface area (Å²) < 4.78 is 61.3. The van der Waals surface area contributed by atoms with E-state index in [1.165, 1.54) is 11.3 Å². The fourth-order valence-electron chi connectivity index (χ4n) is 1.07. The first kappa shape index (κ1) is 12.0. The highest BCUT2D eigenvalue weighted by atomic mass is 32.1. The van der Waals surface area contributed by atoms with E-state index in [2.05, 4.69) is 10.3 Å². The SMILES string of the molecule is FC(F)(F)C(F)(F)n1cc(-c2ccsc2)nn1. The summed E-state index contributed by atoms with van der Waals surface area (Å²) in [4.78, 5) is 0. The molecule has 0 aliphatic rings. The summed E-state index contributed by atoms with van der Waals surface area (Å²) in [6.07, 6.45) is -5.14. The predicted octanol–water partition coefficient (Wildman–Crippen LogP) is 3.12. The molecule has 0 N–H and O–H groups in total. The van der Waals surface area contributed by atoms with Gasteiger partial charge in [-0.15, -0.1) is 5.10 Å². The van der Waals surface area contributed by atoms with Gasteiger partial charge >= 0.3 is 12.2 Å². The van der Waals surface area contributed by atoms with E-state index in [-0.39, 0.29) is 5.69 Å². The van der Waals surface area contributed by atoms with Crippen LogP contribution in [0.3, 0.4) is 0 Å². The number of nitrogens with zero attached hydrogens (tertiary/aromatic N) is 3. The zero-order valence-corrected chi connectivity index (χ0v) is 8.77. The van der Waals surface area contributed by atoms with Gasteiger partial charge in [-0.05, 0) is 11.4 Å². The summed E-state index contributed by atoms with van der Waals surface area (Å²) in [6.45, 7) is 0. The summed E-state index contributed by atoms with van der Waals surface area (Å²) >= 11 is 1.27. The Morgan fingerprint density at radius 2 is 1.88 bits per heavy atom. The predicted molar refractivity (Wildman–Crippen MR) is 49.6 cm³/mol. The monoisotopic (exact) mass is 269 g/mol. The highest BCUT2D eigenvalue weighted by Gasteiger charge is 2.60. The van der Waals surface area contributed by atoms with Gasteiger partial charge in [0.25, 0.3) is 0 Å². The molecule has 92 valence electrons. The summed E-state index contributed by atoms with van der Waals surface area (Å²) in [7, 11) is 0. The van der Waals surface area contributed by atoms with Crippen molar-refractivity contribution in [2.75, 3.05) is 0 Å². The molecule has 0 aromatic carbocycles. The molecule has 0 unspecified atom stereocenters. The van der Waals surface area contributed by atoms with Gasteiger partial charge in [0.1, 0.15) is 5.69 Å². The van der Waals surface area contributed by atoms with Gasteiger partial charge in [-0.2, -0.15) is 38.0 Å². The molecule has 0 saturated heterocycles. The fraction of sp³-hybridized carbons (Fsp3) is 0.250. The van der Waals surface area contributed by atoms with Crippen LogP contribution in [0.15, 0.2) is 23.0 Å². The van der Waals surface area contributed by atoms with Gasteiger partial charge in [0, 0.05) is 10.9 Å². The Morgan fingerprint density at radius 3 is 2.41 bits per heavy atom. The molecule has 2 rings (SSSR count). The Kier molecular flexibility index (Phi) is 2.64. The fourth-order valence-corrected chi connectivity index (χ4v) is 1.72. The van der Waals surface area contributed by atoms with Crippen molar-refractivity contribution in [1.29, 1.82) is 0 Å². The minimum absolute atomic E-state index is 0.0322. The first-order valence-electron chi connectivity index (χ1n) is 4.22. The van der Waals surface area contributed by atoms with Crippen molar-refractivity contribution < 1.29 is 22.0 Å². The number of hydrogen-bond acceptors (Lipinski definition) is 3. The maximum atomic E-state index is 12.9. The van der Waals surface area contributed by atoms with Gasteiger partial charge in [0.15, 0.2) is 0 Å². The van der Waals surface area contributed by atoms with Crippen LogP contribution in [0, 0.1) is 0 Å². The van der Waals surface area contributed by atoms with Crippen molar-refractivity contribution in [3.63, 3.8) is 0 Å². The quantitative estimate of drug-likeness (QED) is 0.784. The lowest BCUT2D eigenvalue weighted by atomic mass is 10.3. The van der Waals surface area contributed by atoms with Crippen LogP contribution in [0.5, 0.6) is 0 Å². The van der Waals surface area contributed by atoms with Gasteiger partial charge in [-0.25, -0.2) is 0 Å². The molecule has 2 heterocycles. The molecule has 0 spiro atoms. The third-order valence-corrected chi connectivity index (χ3v) is 2.62. The maximum Gasteiger partial charge on any atom is 0.477 e. The van der Waals surface area contributed by atoms with Crippen LogP contribution >= 0.6 is 11.3 Å². The molecule has 2 aromatic rings. The summed E-state index contributed by atoms with van der Waals surface area (Å²) in [5, 5.41) is 9.31. The van der Waals surface area contributed by atoms with Gasteiger partial charge in [0.05, 0.1) is 6.20 Å². The van der Waals surface area contributed by atoms with Crippen LogP contribution in [-0.2, 0) is 6.05 Å². The molecule has 17 heavy (non-hydrogen) atoms. The first-order chi connectivity index (χ1) is 7.82. The summed E-state index contributed by atoms with van der Waals surface area (Å²) in [6, 6.07) is -3.51. The Bertz CT molecular complexity index is 501. The van der Waals surface area contributed by atoms with Crippen LogP contribution in [0.1, 0.15) is 0 Å². The van der Waals surface area contributed by atoms with E-state index in [0.717, 1.165) is 0 Å². The van der Waals surface area contributed by atoms with E-state index in [4.69, 9.17) is 0 Å². The van der Waals surface area contributed by atoms with Crippen LogP contribution < -0.4 is 0 Å². The Labute approximate surface area is 95.5 Å². The summed E-state index contributed by atoms with van der Waals surface area (Å²) in [5.74, 6) is 0. The first-order valence-corrected chi connectivity index (χ1v) is 5.16. The second kappa shape index (κ2) is 3.76. The van der Waals surface area contributed by atoms with E-state index in [9.17, 15) is 22.0 Å². The molecule has 0 bridgehead atoms. The molecule has 0 amide bonds. The van der Waals surface area contributed by atoms with Crippen LogP contribution in [-0.4, -0.2) is 21.2 Å². The number of halogens is 5. The minimum atomic E-state index is -5.70. The number of thiophene rings is 1. The van der Waals surface area contributed by atoms with Crippen molar-refractivity contribution >= 4 is 11.3 Å². The molecule has 0 atom stereocenters. The summed E-state index contributed by atoms with van der Waals surface area (Å²) in [5.41, 5.74) is 0.411. The zero-order valence-electron chi connectivity index (χ0n) is 7.95. The molecule has 9 heteroatoms. The number of hydrogen-bond donors (Lipinski definition) is 0. The minimum Gasteiger partial charge on any atom is -0.180 e. The van der Waals surface area contributed by atoms with Crippen LogP contribution in [0.2, 0.25) is 0 Å². The highest BCUT2D eigenvalue weighted by Crippen LogP contribution is 2.39. The molecule has 2 aromatic heterocycles. The van der Waals surface area contributed by atoms with Gasteiger partial charge < -0.3 is 0 Å². The normalized spacial score (nSPS) is 13.0. The van der Waals surface area contributed by atoms with E-state index >= 15 is 0 Å². The largest absolute Gasteiger partial charge is 0.477 e. The van der Waals surface area contributed by atoms with E-state index in [1.807, 2.05) is 0 Å². The number of alkyl halides is 5. The Hall–Kier alpha value is -1.51. The Morgan fingerprint density at radius 1 is 1.18 bits per heavy atom. The van der Waals surface area contributed by atoms with Crippen LogP contribution in [0.4, 0.5) is 22.0 Å². The van der Waals surface area contributed by atoms with Crippen LogP contribution in [0.25, 0.3) is 11.3 Å². The smallest absolute Gasteiger partial charge is 0.180 e. The van der Waals surface area contributed by atoms with Gasteiger partial charge in [0.2, 0.25) is 0 Å². The third-order valence-electron chi connectivity index (χ3n) is 1.94. The lowest BCUT2D eigenvalue weighted by Crippen LogP contribution is -2.40. The highest BCUT2D eigenvalue weighted by molar-refractivity contribution is 7.08. The number of rotatable bonds is 2. The lowest BCUT2D eigenvalue weighted by molar-refractivity contribution is -0.328. The average Bonchev–Trinajstić information content (AvgIpc) is 2.87. The zero-order chi connectivity index (χ0) is 12.7.